The van der Waals surface area contributed by atoms with Crippen LogP contribution < -0.4 is 5.32 Å². The molecule has 0 spiro atoms. The molecule has 1 rings (SSSR count). The van der Waals surface area contributed by atoms with Crippen molar-refractivity contribution in [3.63, 3.8) is 0 Å². The Kier molecular flexibility index (Phi) is 7.03. The molecular formula is C16H26N2O3S. The first-order valence-corrected chi connectivity index (χ1v) is 9.49. The zero-order valence-electron chi connectivity index (χ0n) is 13.8. The van der Waals surface area contributed by atoms with Crippen LogP contribution >= 0.6 is 0 Å². The Labute approximate surface area is 133 Å². The number of rotatable bonds is 8. The summed E-state index contributed by atoms with van der Waals surface area (Å²) in [6, 6.07) is 7.53. The van der Waals surface area contributed by atoms with E-state index in [1.54, 1.807) is 0 Å². The average Bonchev–Trinajstić information content (AvgIpc) is 2.46. The zero-order valence-corrected chi connectivity index (χ0v) is 14.6. The molecule has 0 fully saturated rings. The minimum absolute atomic E-state index is 0.106. The maximum Gasteiger partial charge on any atom is 0.225 e. The third kappa shape index (κ3) is 5.42. The van der Waals surface area contributed by atoms with Gasteiger partial charge in [-0.15, -0.1) is 0 Å². The van der Waals surface area contributed by atoms with Crippen molar-refractivity contribution < 1.29 is 13.2 Å². The first kappa shape index (κ1) is 18.6. The van der Waals surface area contributed by atoms with Gasteiger partial charge in [0.25, 0.3) is 0 Å². The molecule has 1 unspecified atom stereocenters. The second-order valence-electron chi connectivity index (χ2n) is 5.44. The van der Waals surface area contributed by atoms with E-state index in [1.807, 2.05) is 45.0 Å². The summed E-state index contributed by atoms with van der Waals surface area (Å²) < 4.78 is 25.0. The van der Waals surface area contributed by atoms with Crippen LogP contribution in [0.1, 0.15) is 39.2 Å². The van der Waals surface area contributed by atoms with Gasteiger partial charge in [-0.3, -0.25) is 4.79 Å². The maximum atomic E-state index is 12.1. The predicted octanol–water partition coefficient (Wildman–Crippen LogP) is 2.64. The largest absolute Gasteiger partial charge is 0.326 e. The Hall–Kier alpha value is -1.40. The Morgan fingerprint density at radius 2 is 1.91 bits per heavy atom. The van der Waals surface area contributed by atoms with Crippen LogP contribution in [0.15, 0.2) is 24.3 Å². The molecule has 124 valence electrons. The third-order valence-corrected chi connectivity index (χ3v) is 5.13. The summed E-state index contributed by atoms with van der Waals surface area (Å²) in [5, 5.41) is 2.86. The van der Waals surface area contributed by atoms with Gasteiger partial charge in [0, 0.05) is 24.7 Å². The van der Waals surface area contributed by atoms with Crippen LogP contribution in [0.3, 0.4) is 0 Å². The van der Waals surface area contributed by atoms with Gasteiger partial charge in [0.05, 0.1) is 6.26 Å². The van der Waals surface area contributed by atoms with Gasteiger partial charge in [0.2, 0.25) is 15.9 Å². The number of aryl methyl sites for hydroxylation is 1. The van der Waals surface area contributed by atoms with Gasteiger partial charge in [-0.05, 0) is 31.4 Å². The highest BCUT2D eigenvalue weighted by molar-refractivity contribution is 7.88. The number of carbonyl (C=O) groups excluding carboxylic acids is 1. The molecule has 0 heterocycles. The number of carbonyl (C=O) groups is 1. The first-order chi connectivity index (χ1) is 10.3. The summed E-state index contributed by atoms with van der Waals surface area (Å²) in [4.78, 5) is 12.1. The molecule has 1 N–H and O–H groups in total. The molecule has 0 saturated heterocycles. The number of nitrogens with one attached hydrogen (secondary N) is 1. The van der Waals surface area contributed by atoms with Crippen molar-refractivity contribution in [1.29, 1.82) is 0 Å². The van der Waals surface area contributed by atoms with Crippen LogP contribution in [0.5, 0.6) is 0 Å². The fraction of sp³-hybridized carbons (Fsp3) is 0.562. The molecule has 1 aromatic rings. The van der Waals surface area contributed by atoms with E-state index < -0.39 is 10.0 Å². The number of benzene rings is 1. The van der Waals surface area contributed by atoms with Crippen LogP contribution in [0, 0.1) is 0 Å². The monoisotopic (exact) mass is 326 g/mol. The molecule has 0 aliphatic carbocycles. The van der Waals surface area contributed by atoms with Crippen molar-refractivity contribution >= 4 is 21.6 Å². The van der Waals surface area contributed by atoms with E-state index in [-0.39, 0.29) is 24.9 Å². The molecule has 5 nitrogen and oxygen atoms in total. The Morgan fingerprint density at radius 3 is 2.45 bits per heavy atom. The van der Waals surface area contributed by atoms with Gasteiger partial charge in [0.15, 0.2) is 0 Å². The van der Waals surface area contributed by atoms with Gasteiger partial charge in [-0.1, -0.05) is 32.0 Å². The van der Waals surface area contributed by atoms with Gasteiger partial charge in [-0.25, -0.2) is 8.42 Å². The minimum Gasteiger partial charge on any atom is -0.326 e. The normalized spacial score (nSPS) is 13.1. The van der Waals surface area contributed by atoms with Crippen molar-refractivity contribution in [2.24, 2.45) is 0 Å². The quantitative estimate of drug-likeness (QED) is 0.798. The summed E-state index contributed by atoms with van der Waals surface area (Å²) in [5.74, 6) is -0.169. The molecule has 22 heavy (non-hydrogen) atoms. The van der Waals surface area contributed by atoms with E-state index in [0.717, 1.165) is 17.7 Å². The lowest BCUT2D eigenvalue weighted by molar-refractivity contribution is -0.116. The lowest BCUT2D eigenvalue weighted by Gasteiger charge is -2.25. The van der Waals surface area contributed by atoms with Crippen LogP contribution in [-0.2, 0) is 21.2 Å². The molecule has 0 radical (unpaired) electrons. The van der Waals surface area contributed by atoms with E-state index in [4.69, 9.17) is 0 Å². The maximum absolute atomic E-state index is 12.1. The molecule has 0 saturated carbocycles. The standard InChI is InChI=1S/C16H26N2O3S/c1-5-13(3)18(22(4,20)21)12-11-16(19)17-15-10-8-7-9-14(15)6-2/h7-10,13H,5-6,11-12H2,1-4H3,(H,17,19). The van der Waals surface area contributed by atoms with Crippen LogP contribution in [-0.4, -0.2) is 37.5 Å². The van der Waals surface area contributed by atoms with Crippen molar-refractivity contribution in [1.82, 2.24) is 4.31 Å². The Morgan fingerprint density at radius 1 is 1.27 bits per heavy atom. The molecule has 6 heteroatoms. The van der Waals surface area contributed by atoms with Crippen molar-refractivity contribution in [2.45, 2.75) is 46.1 Å². The molecule has 0 aromatic heterocycles. The highest BCUT2D eigenvalue weighted by atomic mass is 32.2. The number of amides is 1. The average molecular weight is 326 g/mol. The highest BCUT2D eigenvalue weighted by Gasteiger charge is 2.22. The molecule has 1 atom stereocenters. The second-order valence-corrected chi connectivity index (χ2v) is 7.37. The predicted molar refractivity (Wildman–Crippen MR) is 90.4 cm³/mol. The van der Waals surface area contributed by atoms with Gasteiger partial charge in [-0.2, -0.15) is 4.31 Å². The SMILES string of the molecule is CCc1ccccc1NC(=O)CCN(C(C)CC)S(C)(=O)=O. The number of nitrogens with zero attached hydrogens (tertiary/aromatic N) is 1. The van der Waals surface area contributed by atoms with E-state index >= 15 is 0 Å². The summed E-state index contributed by atoms with van der Waals surface area (Å²) in [6.07, 6.45) is 2.88. The number of sulfonamides is 1. The lowest BCUT2D eigenvalue weighted by Crippen LogP contribution is -2.39. The summed E-state index contributed by atoms with van der Waals surface area (Å²) in [6.45, 7) is 6.01. The molecule has 1 aromatic carbocycles. The molecule has 0 aliphatic rings. The van der Waals surface area contributed by atoms with Crippen LogP contribution in [0.2, 0.25) is 0 Å². The number of anilines is 1. The number of hydrogen-bond donors (Lipinski definition) is 1. The Balaban J connectivity index is 2.68. The van der Waals surface area contributed by atoms with Gasteiger partial charge in [0.1, 0.15) is 0 Å². The second kappa shape index (κ2) is 8.29. The molecular weight excluding hydrogens is 300 g/mol. The Bertz CT molecular complexity index is 599. The fourth-order valence-electron chi connectivity index (χ4n) is 2.29. The van der Waals surface area contributed by atoms with Gasteiger partial charge < -0.3 is 5.32 Å². The summed E-state index contributed by atoms with van der Waals surface area (Å²) in [7, 11) is -3.30. The summed E-state index contributed by atoms with van der Waals surface area (Å²) in [5.41, 5.74) is 1.86. The van der Waals surface area contributed by atoms with E-state index in [1.165, 1.54) is 10.6 Å². The van der Waals surface area contributed by atoms with Crippen LogP contribution in [0.4, 0.5) is 5.69 Å². The van der Waals surface area contributed by atoms with Crippen molar-refractivity contribution in [3.8, 4) is 0 Å². The van der Waals surface area contributed by atoms with E-state index in [0.29, 0.717) is 6.42 Å². The van der Waals surface area contributed by atoms with E-state index in [9.17, 15) is 13.2 Å². The molecule has 0 bridgehead atoms. The van der Waals surface area contributed by atoms with Crippen molar-refractivity contribution in [3.05, 3.63) is 29.8 Å². The number of para-hydroxylation sites is 1. The third-order valence-electron chi connectivity index (χ3n) is 3.74. The van der Waals surface area contributed by atoms with Gasteiger partial charge >= 0.3 is 0 Å². The highest BCUT2D eigenvalue weighted by Crippen LogP contribution is 2.16. The molecule has 0 aliphatic heterocycles. The smallest absolute Gasteiger partial charge is 0.225 e. The fourth-order valence-corrected chi connectivity index (χ4v) is 3.52. The lowest BCUT2D eigenvalue weighted by atomic mass is 10.1. The van der Waals surface area contributed by atoms with Crippen molar-refractivity contribution in [2.75, 3.05) is 18.1 Å². The van der Waals surface area contributed by atoms with E-state index in [2.05, 4.69) is 5.32 Å². The number of hydrogen-bond acceptors (Lipinski definition) is 3. The summed E-state index contributed by atoms with van der Waals surface area (Å²) >= 11 is 0. The van der Waals surface area contributed by atoms with Crippen LogP contribution in [0.25, 0.3) is 0 Å². The minimum atomic E-state index is -3.30. The zero-order chi connectivity index (χ0) is 16.8. The molecule has 1 amide bonds. The first-order valence-electron chi connectivity index (χ1n) is 7.64. The topological polar surface area (TPSA) is 66.5 Å².